The van der Waals surface area contributed by atoms with Gasteiger partial charge in [-0.05, 0) is 70.8 Å². The zero-order valence-electron chi connectivity index (χ0n) is 24.9. The summed E-state index contributed by atoms with van der Waals surface area (Å²) in [5.41, 5.74) is 4.75. The number of carbonyl (C=O) groups is 5. The number of allylic oxidation sites excluding steroid dienone is 2. The Morgan fingerprint density at radius 3 is 2.25 bits per heavy atom. The van der Waals surface area contributed by atoms with Gasteiger partial charge in [-0.1, -0.05) is 39.2 Å². The van der Waals surface area contributed by atoms with Crippen molar-refractivity contribution < 1.29 is 29.1 Å². The first kappa shape index (κ1) is 33.4. The molecule has 0 bridgehead atoms. The van der Waals surface area contributed by atoms with Gasteiger partial charge in [0, 0.05) is 18.5 Å². The number of Topliss-reactive ketones (excluding diaryl/α,β-unsaturated/α-hetero) is 1. The maximum absolute atomic E-state index is 13.9. The molecule has 6 N–H and O–H groups in total. The van der Waals surface area contributed by atoms with Crippen LogP contribution in [-0.4, -0.2) is 75.9 Å². The molecule has 5 atom stereocenters. The van der Waals surface area contributed by atoms with Crippen molar-refractivity contribution in [2.24, 2.45) is 23.5 Å². The summed E-state index contributed by atoms with van der Waals surface area (Å²) in [6.45, 7) is 11.6. The first-order chi connectivity index (χ1) is 18.6. The third-order valence-corrected chi connectivity index (χ3v) is 7.82. The number of aliphatic hydroxyl groups is 1. The zero-order chi connectivity index (χ0) is 30.2. The molecule has 3 unspecified atom stereocenters. The van der Waals surface area contributed by atoms with Gasteiger partial charge < -0.3 is 26.4 Å². The van der Waals surface area contributed by atoms with E-state index in [0.29, 0.717) is 19.4 Å². The molecule has 1 heterocycles. The molecule has 226 valence electrons. The molecular formula is C29H49N5O6. The van der Waals surface area contributed by atoms with Crippen LogP contribution in [0.4, 0.5) is 4.79 Å². The Balaban J connectivity index is 2.29. The minimum atomic E-state index is -1.30. The van der Waals surface area contributed by atoms with Gasteiger partial charge in [-0.3, -0.25) is 24.5 Å². The van der Waals surface area contributed by atoms with Gasteiger partial charge >= 0.3 is 6.03 Å². The second kappa shape index (κ2) is 14.7. The van der Waals surface area contributed by atoms with Gasteiger partial charge in [0.05, 0.1) is 12.1 Å². The van der Waals surface area contributed by atoms with E-state index in [1.807, 2.05) is 34.6 Å². The summed E-state index contributed by atoms with van der Waals surface area (Å²) in [6.07, 6.45) is 5.69. The molecule has 0 aromatic carbocycles. The molecule has 0 aromatic heterocycles. The van der Waals surface area contributed by atoms with Crippen LogP contribution in [0.25, 0.3) is 0 Å². The highest BCUT2D eigenvalue weighted by Gasteiger charge is 2.44. The quantitative estimate of drug-likeness (QED) is 0.122. The van der Waals surface area contributed by atoms with Crippen LogP contribution in [0.3, 0.4) is 0 Å². The number of nitrogens with two attached hydrogens (primary N) is 1. The fourth-order valence-corrected chi connectivity index (χ4v) is 5.29. The summed E-state index contributed by atoms with van der Waals surface area (Å²) in [7, 11) is 0. The monoisotopic (exact) mass is 563 g/mol. The molecule has 2 aliphatic rings. The lowest BCUT2D eigenvalue weighted by molar-refractivity contribution is -0.140. The van der Waals surface area contributed by atoms with E-state index in [2.05, 4.69) is 16.0 Å². The second-order valence-corrected chi connectivity index (χ2v) is 12.6. The van der Waals surface area contributed by atoms with Crippen LogP contribution in [0.5, 0.6) is 0 Å². The lowest BCUT2D eigenvalue weighted by Crippen LogP contribution is -2.59. The molecule has 1 aliphatic heterocycles. The van der Waals surface area contributed by atoms with Crippen LogP contribution < -0.4 is 21.7 Å². The Morgan fingerprint density at radius 1 is 1.10 bits per heavy atom. The highest BCUT2D eigenvalue weighted by Crippen LogP contribution is 2.33. The minimum Gasteiger partial charge on any atom is -0.376 e. The molecule has 0 aromatic rings. The van der Waals surface area contributed by atoms with Gasteiger partial charge in [0.15, 0.2) is 5.78 Å². The predicted molar refractivity (Wildman–Crippen MR) is 152 cm³/mol. The van der Waals surface area contributed by atoms with Crippen molar-refractivity contribution in [3.63, 3.8) is 0 Å². The number of nitrogens with zero attached hydrogens (tertiary/aromatic N) is 1. The van der Waals surface area contributed by atoms with Gasteiger partial charge in [0.2, 0.25) is 11.7 Å². The number of ketones is 2. The third-order valence-electron chi connectivity index (χ3n) is 7.82. The van der Waals surface area contributed by atoms with E-state index in [-0.39, 0.29) is 36.4 Å². The number of urea groups is 1. The Kier molecular flexibility index (Phi) is 12.3. The number of rotatable bonds is 14. The van der Waals surface area contributed by atoms with E-state index in [4.69, 9.17) is 5.73 Å². The van der Waals surface area contributed by atoms with Crippen molar-refractivity contribution in [2.45, 2.75) is 116 Å². The lowest BCUT2D eigenvalue weighted by atomic mass is 9.80. The molecule has 11 nitrogen and oxygen atoms in total. The first-order valence-corrected chi connectivity index (χ1v) is 14.4. The normalized spacial score (nSPS) is 22.1. The van der Waals surface area contributed by atoms with Crippen LogP contribution >= 0.6 is 0 Å². The van der Waals surface area contributed by atoms with Crippen LogP contribution in [-0.2, 0) is 19.2 Å². The summed E-state index contributed by atoms with van der Waals surface area (Å²) in [4.78, 5) is 64.7. The van der Waals surface area contributed by atoms with Crippen molar-refractivity contribution in [3.05, 3.63) is 12.2 Å². The number of likely N-dealkylation sites (tertiary alicyclic amines) is 1. The number of hydrogen-bond donors (Lipinski definition) is 5. The fourth-order valence-electron chi connectivity index (χ4n) is 5.29. The smallest absolute Gasteiger partial charge is 0.315 e. The Hall–Kier alpha value is -2.79. The maximum Gasteiger partial charge on any atom is 0.315 e. The van der Waals surface area contributed by atoms with Crippen LogP contribution in [0.1, 0.15) is 86.5 Å². The van der Waals surface area contributed by atoms with Crippen molar-refractivity contribution in [2.75, 3.05) is 6.54 Å². The van der Waals surface area contributed by atoms with E-state index < -0.39 is 53.5 Å². The van der Waals surface area contributed by atoms with Crippen molar-refractivity contribution in [3.8, 4) is 0 Å². The fraction of sp³-hybridized carbons (Fsp3) is 0.759. The summed E-state index contributed by atoms with van der Waals surface area (Å²) < 4.78 is 0. The molecule has 1 saturated heterocycles. The van der Waals surface area contributed by atoms with Crippen LogP contribution in [0, 0.1) is 17.8 Å². The highest BCUT2D eigenvalue weighted by atomic mass is 16.3. The number of carbonyl (C=O) groups excluding carboxylic acids is 5. The van der Waals surface area contributed by atoms with Crippen LogP contribution in [0.15, 0.2) is 12.2 Å². The molecule has 1 saturated carbocycles. The van der Waals surface area contributed by atoms with E-state index in [1.54, 1.807) is 17.9 Å². The van der Waals surface area contributed by atoms with Gasteiger partial charge in [0.1, 0.15) is 12.3 Å². The lowest BCUT2D eigenvalue weighted by Gasteiger charge is -2.35. The van der Waals surface area contributed by atoms with E-state index in [0.717, 1.165) is 19.3 Å². The number of nitrogens with one attached hydrogen (secondary N) is 3. The highest BCUT2D eigenvalue weighted by molar-refractivity contribution is 6.37. The van der Waals surface area contributed by atoms with E-state index in [9.17, 15) is 29.1 Å². The average molecular weight is 564 g/mol. The van der Waals surface area contributed by atoms with E-state index >= 15 is 0 Å². The molecule has 0 radical (unpaired) electrons. The first-order valence-electron chi connectivity index (χ1n) is 14.4. The number of aliphatic hydroxyl groups excluding tert-OH is 1. The third kappa shape index (κ3) is 9.99. The number of amides is 4. The maximum atomic E-state index is 13.9. The van der Waals surface area contributed by atoms with Crippen LogP contribution in [0.2, 0.25) is 0 Å². The zero-order valence-corrected chi connectivity index (χ0v) is 24.9. The minimum absolute atomic E-state index is 0.0556. The van der Waals surface area contributed by atoms with Crippen molar-refractivity contribution in [1.82, 2.24) is 20.9 Å². The number of primary amides is 1. The standard InChI is InChI=1S/C29H49N5O6/c1-7-9-20(35)12-13-21(32-28(40)33-29(4,5)6)27(39)34-16-19(17(2)3)15-23(34)26(38)31-22(24(36)25(30)37)14-18-10-8-11-18/h7,9,17-19,21-23,26,31,38H,8,10-16H2,1-6H3,(H2,30,37)(H2,32,33,40)/b9-7+/t19?,21-,22?,23-,26?/m0/s1. The van der Waals surface area contributed by atoms with Crippen molar-refractivity contribution >= 4 is 29.4 Å². The molecule has 0 spiro atoms. The summed E-state index contributed by atoms with van der Waals surface area (Å²) in [5, 5.41) is 19.7. The molecule has 2 fully saturated rings. The predicted octanol–water partition coefficient (Wildman–Crippen LogP) is 1.77. The molecule has 40 heavy (non-hydrogen) atoms. The molecule has 4 amide bonds. The topological polar surface area (TPSA) is 171 Å². The SMILES string of the molecule is C/C=C/C(=O)CC[C@H](NC(=O)NC(C)(C)C)C(=O)N1CC(C(C)C)C[C@H]1C(O)NC(CC1CCC1)C(=O)C(N)=O. The largest absolute Gasteiger partial charge is 0.376 e. The van der Waals surface area contributed by atoms with Gasteiger partial charge in [-0.15, -0.1) is 0 Å². The van der Waals surface area contributed by atoms with Gasteiger partial charge in [0.25, 0.3) is 5.91 Å². The summed E-state index contributed by atoms with van der Waals surface area (Å²) >= 11 is 0. The summed E-state index contributed by atoms with van der Waals surface area (Å²) in [5.74, 6) is -1.90. The molecule has 11 heteroatoms. The van der Waals surface area contributed by atoms with Gasteiger partial charge in [-0.25, -0.2) is 4.79 Å². The van der Waals surface area contributed by atoms with Gasteiger partial charge in [-0.2, -0.15) is 0 Å². The molecule has 1 aliphatic carbocycles. The second-order valence-electron chi connectivity index (χ2n) is 12.6. The number of hydrogen-bond acceptors (Lipinski definition) is 7. The Bertz CT molecular complexity index is 955. The summed E-state index contributed by atoms with van der Waals surface area (Å²) in [6, 6.07) is -3.19. The van der Waals surface area contributed by atoms with Crippen molar-refractivity contribution in [1.29, 1.82) is 0 Å². The molecule has 2 rings (SSSR count). The Labute approximate surface area is 238 Å². The molecular weight excluding hydrogens is 514 g/mol. The Morgan fingerprint density at radius 2 is 1.75 bits per heavy atom. The average Bonchev–Trinajstić information content (AvgIpc) is 3.27. The van der Waals surface area contributed by atoms with E-state index in [1.165, 1.54) is 6.08 Å².